The highest BCUT2D eigenvalue weighted by molar-refractivity contribution is 7.89. The van der Waals surface area contributed by atoms with Crippen molar-refractivity contribution >= 4 is 21.6 Å². The molecule has 0 aromatic heterocycles. The monoisotopic (exact) mass is 322 g/mol. The lowest BCUT2D eigenvalue weighted by Crippen LogP contribution is -2.19. The summed E-state index contributed by atoms with van der Waals surface area (Å²) in [6.07, 6.45) is 0. The molecule has 0 heterocycles. The Morgan fingerprint density at radius 1 is 1.09 bits per heavy atom. The lowest BCUT2D eigenvalue weighted by Gasteiger charge is -2.07. The summed E-state index contributed by atoms with van der Waals surface area (Å²) < 4.78 is 38.8. The van der Waals surface area contributed by atoms with Gasteiger partial charge in [-0.2, -0.15) is 0 Å². The second-order valence-electron chi connectivity index (χ2n) is 4.65. The molecular weight excluding hydrogens is 307 g/mol. The maximum absolute atomic E-state index is 13.4. The second-order valence-corrected chi connectivity index (χ2v) is 6.54. The highest BCUT2D eigenvalue weighted by Crippen LogP contribution is 2.16. The average molecular weight is 322 g/mol. The number of halogens is 1. The van der Waals surface area contributed by atoms with Crippen molar-refractivity contribution in [1.82, 2.24) is 4.72 Å². The van der Waals surface area contributed by atoms with Crippen molar-refractivity contribution in [2.75, 3.05) is 12.4 Å². The number of carbonyl (C=O) groups excluding carboxylic acids is 1. The molecule has 0 saturated carbocycles. The molecule has 0 bridgehead atoms. The van der Waals surface area contributed by atoms with Crippen molar-refractivity contribution in [3.05, 3.63) is 59.4 Å². The Morgan fingerprint density at radius 3 is 2.27 bits per heavy atom. The SMILES string of the molecule is CNS(=O)(=O)c1ccc(C(=O)Nc2ccc(C)c(F)c2)cc1. The highest BCUT2D eigenvalue weighted by Gasteiger charge is 2.13. The van der Waals surface area contributed by atoms with Gasteiger partial charge in [-0.05, 0) is 55.9 Å². The smallest absolute Gasteiger partial charge is 0.255 e. The number of carbonyl (C=O) groups is 1. The number of benzene rings is 2. The van der Waals surface area contributed by atoms with Crippen LogP contribution in [-0.2, 0) is 10.0 Å². The van der Waals surface area contributed by atoms with E-state index in [0.29, 0.717) is 11.3 Å². The Labute approximate surface area is 128 Å². The molecule has 0 fully saturated rings. The van der Waals surface area contributed by atoms with Gasteiger partial charge in [0.15, 0.2) is 0 Å². The first kappa shape index (κ1) is 16.1. The molecule has 2 aromatic carbocycles. The Balaban J connectivity index is 2.18. The second kappa shape index (κ2) is 6.25. The van der Waals surface area contributed by atoms with E-state index >= 15 is 0 Å². The zero-order chi connectivity index (χ0) is 16.3. The van der Waals surface area contributed by atoms with Gasteiger partial charge in [0.1, 0.15) is 5.82 Å². The van der Waals surface area contributed by atoms with Crippen molar-refractivity contribution in [3.8, 4) is 0 Å². The Hall–Kier alpha value is -2.25. The van der Waals surface area contributed by atoms with E-state index in [9.17, 15) is 17.6 Å². The predicted octanol–water partition coefficient (Wildman–Crippen LogP) is 2.29. The molecular formula is C15H15FN2O3S. The van der Waals surface area contributed by atoms with Crippen molar-refractivity contribution in [1.29, 1.82) is 0 Å². The summed E-state index contributed by atoms with van der Waals surface area (Å²) in [7, 11) is -2.23. The molecule has 0 aliphatic carbocycles. The maximum atomic E-state index is 13.4. The van der Waals surface area contributed by atoms with Crippen LogP contribution in [0.2, 0.25) is 0 Å². The fourth-order valence-corrected chi connectivity index (χ4v) is 2.51. The van der Waals surface area contributed by atoms with E-state index in [0.717, 1.165) is 0 Å². The lowest BCUT2D eigenvalue weighted by molar-refractivity contribution is 0.102. The quantitative estimate of drug-likeness (QED) is 0.907. The van der Waals surface area contributed by atoms with Crippen LogP contribution in [0.4, 0.5) is 10.1 Å². The molecule has 116 valence electrons. The molecule has 2 N–H and O–H groups in total. The van der Waals surface area contributed by atoms with Crippen LogP contribution >= 0.6 is 0 Å². The summed E-state index contributed by atoms with van der Waals surface area (Å²) in [5, 5.41) is 2.55. The van der Waals surface area contributed by atoms with Gasteiger partial charge < -0.3 is 5.32 Å². The van der Waals surface area contributed by atoms with Gasteiger partial charge in [0.25, 0.3) is 5.91 Å². The summed E-state index contributed by atoms with van der Waals surface area (Å²) in [5.41, 5.74) is 1.09. The minimum atomic E-state index is -3.54. The summed E-state index contributed by atoms with van der Waals surface area (Å²) in [6, 6.07) is 9.83. The molecule has 0 aliphatic heterocycles. The molecule has 2 aromatic rings. The molecule has 2 rings (SSSR count). The Morgan fingerprint density at radius 2 is 1.73 bits per heavy atom. The van der Waals surface area contributed by atoms with Gasteiger partial charge in [0.05, 0.1) is 4.90 Å². The number of hydrogen-bond donors (Lipinski definition) is 2. The zero-order valence-corrected chi connectivity index (χ0v) is 12.9. The number of aryl methyl sites for hydroxylation is 1. The van der Waals surface area contributed by atoms with Gasteiger partial charge in [0, 0.05) is 11.3 Å². The van der Waals surface area contributed by atoms with E-state index in [1.165, 1.54) is 37.4 Å². The molecule has 0 atom stereocenters. The van der Waals surface area contributed by atoms with Crippen molar-refractivity contribution in [3.63, 3.8) is 0 Å². The third-order valence-corrected chi connectivity index (χ3v) is 4.56. The number of amides is 1. The first-order chi connectivity index (χ1) is 10.3. The molecule has 5 nitrogen and oxygen atoms in total. The third kappa shape index (κ3) is 3.49. The first-order valence-electron chi connectivity index (χ1n) is 6.44. The third-order valence-electron chi connectivity index (χ3n) is 3.13. The van der Waals surface area contributed by atoms with Gasteiger partial charge in [0.2, 0.25) is 10.0 Å². The van der Waals surface area contributed by atoms with Crippen LogP contribution in [0, 0.1) is 12.7 Å². The topological polar surface area (TPSA) is 75.3 Å². The molecule has 7 heteroatoms. The summed E-state index contributed by atoms with van der Waals surface area (Å²) >= 11 is 0. The van der Waals surface area contributed by atoms with Gasteiger partial charge in [-0.25, -0.2) is 17.5 Å². The molecule has 0 radical (unpaired) electrons. The zero-order valence-electron chi connectivity index (χ0n) is 12.1. The standard InChI is InChI=1S/C15H15FN2O3S/c1-10-3-6-12(9-14(10)16)18-15(19)11-4-7-13(8-5-11)22(20,21)17-2/h3-9,17H,1-2H3,(H,18,19). The molecule has 0 spiro atoms. The van der Waals surface area contributed by atoms with Crippen LogP contribution in [-0.4, -0.2) is 21.4 Å². The fourth-order valence-electron chi connectivity index (χ4n) is 1.78. The van der Waals surface area contributed by atoms with Crippen molar-refractivity contribution in [2.24, 2.45) is 0 Å². The summed E-state index contributed by atoms with van der Waals surface area (Å²) in [4.78, 5) is 12.1. The minimum absolute atomic E-state index is 0.0629. The largest absolute Gasteiger partial charge is 0.322 e. The predicted molar refractivity (Wildman–Crippen MR) is 81.8 cm³/mol. The van der Waals surface area contributed by atoms with Crippen LogP contribution in [0.25, 0.3) is 0 Å². The van der Waals surface area contributed by atoms with Gasteiger partial charge in [-0.3, -0.25) is 4.79 Å². The Kier molecular flexibility index (Phi) is 4.58. The minimum Gasteiger partial charge on any atom is -0.322 e. The highest BCUT2D eigenvalue weighted by atomic mass is 32.2. The Bertz CT molecular complexity index is 802. The van der Waals surface area contributed by atoms with Crippen LogP contribution in [0.3, 0.4) is 0 Å². The lowest BCUT2D eigenvalue weighted by atomic mass is 10.2. The van der Waals surface area contributed by atoms with Gasteiger partial charge in [-0.15, -0.1) is 0 Å². The average Bonchev–Trinajstić information content (AvgIpc) is 2.51. The molecule has 0 unspecified atom stereocenters. The van der Waals surface area contributed by atoms with Crippen LogP contribution in [0.15, 0.2) is 47.4 Å². The maximum Gasteiger partial charge on any atom is 0.255 e. The molecule has 0 aliphatic rings. The van der Waals surface area contributed by atoms with E-state index in [1.54, 1.807) is 19.1 Å². The van der Waals surface area contributed by atoms with Gasteiger partial charge in [-0.1, -0.05) is 6.07 Å². The van der Waals surface area contributed by atoms with Crippen LogP contribution in [0.1, 0.15) is 15.9 Å². The summed E-state index contributed by atoms with van der Waals surface area (Å²) in [6.45, 7) is 1.63. The number of hydrogen-bond acceptors (Lipinski definition) is 3. The molecule has 0 saturated heterocycles. The number of anilines is 1. The first-order valence-corrected chi connectivity index (χ1v) is 7.93. The van der Waals surface area contributed by atoms with E-state index in [2.05, 4.69) is 10.0 Å². The van der Waals surface area contributed by atoms with Crippen LogP contribution < -0.4 is 10.0 Å². The van der Waals surface area contributed by atoms with E-state index in [-0.39, 0.29) is 10.5 Å². The van der Waals surface area contributed by atoms with E-state index in [4.69, 9.17) is 0 Å². The van der Waals surface area contributed by atoms with Crippen LogP contribution in [0.5, 0.6) is 0 Å². The fraction of sp³-hybridized carbons (Fsp3) is 0.133. The normalized spacial score (nSPS) is 11.2. The summed E-state index contributed by atoms with van der Waals surface area (Å²) in [5.74, 6) is -0.857. The molecule has 1 amide bonds. The number of sulfonamides is 1. The number of rotatable bonds is 4. The molecule has 22 heavy (non-hydrogen) atoms. The van der Waals surface area contributed by atoms with Crippen molar-refractivity contribution < 1.29 is 17.6 Å². The van der Waals surface area contributed by atoms with Crippen molar-refractivity contribution in [2.45, 2.75) is 11.8 Å². The number of nitrogens with one attached hydrogen (secondary N) is 2. The van der Waals surface area contributed by atoms with Gasteiger partial charge >= 0.3 is 0 Å². The van der Waals surface area contributed by atoms with E-state index in [1.807, 2.05) is 0 Å². The van der Waals surface area contributed by atoms with E-state index < -0.39 is 21.7 Å².